The van der Waals surface area contributed by atoms with Crippen LogP contribution < -0.4 is 5.32 Å². The molecule has 0 atom stereocenters. The fraction of sp³-hybridized carbons (Fsp3) is 0.529. The van der Waals surface area contributed by atoms with E-state index < -0.39 is 0 Å². The molecular formula is C17H23N3O3. The Morgan fingerprint density at radius 2 is 2.00 bits per heavy atom. The molecule has 3 rings (SSSR count). The molecule has 0 aliphatic carbocycles. The van der Waals surface area contributed by atoms with Crippen LogP contribution in [0.4, 0.5) is 0 Å². The highest BCUT2D eigenvalue weighted by molar-refractivity contribution is 5.77. The number of nitrogens with one attached hydrogen (secondary N) is 1. The molecule has 0 unspecified atom stereocenters. The van der Waals surface area contributed by atoms with Crippen molar-refractivity contribution in [3.63, 3.8) is 0 Å². The highest BCUT2D eigenvalue weighted by Crippen LogP contribution is 2.33. The van der Waals surface area contributed by atoms with Crippen LogP contribution in [0.1, 0.15) is 36.3 Å². The minimum atomic E-state index is -0.190. The molecule has 124 valence electrons. The molecule has 0 aromatic carbocycles. The molecule has 1 fully saturated rings. The average Bonchev–Trinajstić information content (AvgIpc) is 3.18. The third-order valence-corrected chi connectivity index (χ3v) is 4.71. The first-order valence-electron chi connectivity index (χ1n) is 8.00. The molecular weight excluding hydrogens is 294 g/mol. The van der Waals surface area contributed by atoms with Crippen LogP contribution in [-0.2, 0) is 21.6 Å². The zero-order valence-corrected chi connectivity index (χ0v) is 13.7. The second kappa shape index (κ2) is 6.58. The lowest BCUT2D eigenvalue weighted by molar-refractivity contribution is -0.124. The molecule has 0 bridgehead atoms. The number of nitrogens with zero attached hydrogens (tertiary/aromatic N) is 2. The Hall–Kier alpha value is -2.08. The molecule has 1 saturated heterocycles. The number of carbonyl (C=O) groups excluding carboxylic acids is 1. The number of aryl methyl sites for hydroxylation is 2. The van der Waals surface area contributed by atoms with Gasteiger partial charge in [0.25, 0.3) is 0 Å². The van der Waals surface area contributed by atoms with Gasteiger partial charge in [-0.2, -0.15) is 0 Å². The van der Waals surface area contributed by atoms with Gasteiger partial charge in [0.05, 0.1) is 17.7 Å². The van der Waals surface area contributed by atoms with E-state index >= 15 is 0 Å². The van der Waals surface area contributed by atoms with E-state index in [9.17, 15) is 4.79 Å². The Morgan fingerprint density at radius 1 is 1.30 bits per heavy atom. The lowest BCUT2D eigenvalue weighted by Gasteiger charge is -2.38. The van der Waals surface area contributed by atoms with Gasteiger partial charge in [-0.05, 0) is 38.8 Å². The fourth-order valence-electron chi connectivity index (χ4n) is 3.23. The van der Waals surface area contributed by atoms with Crippen molar-refractivity contribution >= 4 is 5.91 Å². The minimum Gasteiger partial charge on any atom is -0.381 e. The summed E-state index contributed by atoms with van der Waals surface area (Å²) in [5.41, 5.74) is 1.60. The third-order valence-electron chi connectivity index (χ3n) is 4.71. The van der Waals surface area contributed by atoms with E-state index in [1.165, 1.54) is 0 Å². The van der Waals surface area contributed by atoms with Crippen LogP contribution in [0.2, 0.25) is 0 Å². The summed E-state index contributed by atoms with van der Waals surface area (Å²) in [5, 5.41) is 6.92. The van der Waals surface area contributed by atoms with E-state index in [0.717, 1.165) is 29.9 Å². The molecule has 2 aromatic rings. The van der Waals surface area contributed by atoms with Gasteiger partial charge in [-0.1, -0.05) is 5.16 Å². The van der Waals surface area contributed by atoms with Crippen molar-refractivity contribution < 1.29 is 14.1 Å². The van der Waals surface area contributed by atoms with E-state index in [-0.39, 0.29) is 11.4 Å². The Bertz CT molecular complexity index is 635. The van der Waals surface area contributed by atoms with Crippen molar-refractivity contribution in [1.82, 2.24) is 15.0 Å². The Labute approximate surface area is 135 Å². The molecule has 0 saturated carbocycles. The van der Waals surface area contributed by atoms with Gasteiger partial charge in [-0.15, -0.1) is 0 Å². The summed E-state index contributed by atoms with van der Waals surface area (Å²) in [6.07, 6.45) is 6.22. The molecule has 0 radical (unpaired) electrons. The van der Waals surface area contributed by atoms with Gasteiger partial charge < -0.3 is 19.1 Å². The normalized spacial score (nSPS) is 17.1. The van der Waals surface area contributed by atoms with Gasteiger partial charge in [0.2, 0.25) is 5.91 Å². The summed E-state index contributed by atoms with van der Waals surface area (Å²) in [6, 6.07) is 4.00. The predicted octanol–water partition coefficient (Wildman–Crippen LogP) is 2.31. The van der Waals surface area contributed by atoms with Crippen LogP contribution >= 0.6 is 0 Å². The molecule has 2 aromatic heterocycles. The summed E-state index contributed by atoms with van der Waals surface area (Å²) in [7, 11) is 0. The summed E-state index contributed by atoms with van der Waals surface area (Å²) in [4.78, 5) is 12.5. The quantitative estimate of drug-likeness (QED) is 0.919. The Morgan fingerprint density at radius 3 is 2.61 bits per heavy atom. The van der Waals surface area contributed by atoms with Crippen molar-refractivity contribution in [2.75, 3.05) is 13.2 Å². The molecule has 1 aliphatic rings. The number of amides is 1. The average molecular weight is 317 g/mol. The van der Waals surface area contributed by atoms with Gasteiger partial charge in [-0.3, -0.25) is 4.79 Å². The van der Waals surface area contributed by atoms with Crippen LogP contribution in [0, 0.1) is 13.8 Å². The molecule has 6 nitrogen and oxygen atoms in total. The fourth-order valence-corrected chi connectivity index (χ4v) is 3.23. The Balaban J connectivity index is 1.67. The molecule has 1 amide bonds. The van der Waals surface area contributed by atoms with Crippen molar-refractivity contribution in [2.24, 2.45) is 0 Å². The number of aromatic nitrogens is 2. The van der Waals surface area contributed by atoms with Crippen LogP contribution in [0.3, 0.4) is 0 Å². The second-order valence-electron chi connectivity index (χ2n) is 6.18. The van der Waals surface area contributed by atoms with Crippen LogP contribution in [0.15, 0.2) is 29.0 Å². The number of ether oxygens (including phenoxy) is 1. The van der Waals surface area contributed by atoms with Crippen molar-refractivity contribution in [3.05, 3.63) is 41.5 Å². The molecule has 0 spiro atoms. The summed E-state index contributed by atoms with van der Waals surface area (Å²) in [5.74, 6) is 0.801. The van der Waals surface area contributed by atoms with E-state index in [2.05, 4.69) is 15.0 Å². The van der Waals surface area contributed by atoms with Crippen LogP contribution in [-0.4, -0.2) is 28.8 Å². The lowest BCUT2D eigenvalue weighted by atomic mass is 9.86. The van der Waals surface area contributed by atoms with E-state index in [4.69, 9.17) is 9.26 Å². The smallest absolute Gasteiger partial charge is 0.222 e. The van der Waals surface area contributed by atoms with Gasteiger partial charge in [0, 0.05) is 37.7 Å². The van der Waals surface area contributed by atoms with Gasteiger partial charge in [0.1, 0.15) is 5.76 Å². The topological polar surface area (TPSA) is 69.3 Å². The SMILES string of the molecule is Cc1noc(C)c1CNC(=O)CC1(n2cccc2)CCOCC1. The Kier molecular flexibility index (Phi) is 4.52. The summed E-state index contributed by atoms with van der Waals surface area (Å²) >= 11 is 0. The maximum atomic E-state index is 12.5. The number of carbonyl (C=O) groups is 1. The highest BCUT2D eigenvalue weighted by Gasteiger charge is 2.36. The van der Waals surface area contributed by atoms with Crippen LogP contribution in [0.25, 0.3) is 0 Å². The monoisotopic (exact) mass is 317 g/mol. The molecule has 1 aliphatic heterocycles. The highest BCUT2D eigenvalue weighted by atomic mass is 16.5. The first kappa shape index (κ1) is 15.8. The number of hydrogen-bond acceptors (Lipinski definition) is 4. The largest absolute Gasteiger partial charge is 0.381 e. The summed E-state index contributed by atoms with van der Waals surface area (Å²) < 4.78 is 12.8. The number of rotatable bonds is 5. The predicted molar refractivity (Wildman–Crippen MR) is 84.9 cm³/mol. The van der Waals surface area contributed by atoms with Crippen LogP contribution in [0.5, 0.6) is 0 Å². The molecule has 1 N–H and O–H groups in total. The maximum Gasteiger partial charge on any atom is 0.222 e. The summed E-state index contributed by atoms with van der Waals surface area (Å²) in [6.45, 7) is 5.59. The van der Waals surface area contributed by atoms with Gasteiger partial charge in [-0.25, -0.2) is 0 Å². The van der Waals surface area contributed by atoms with Crippen molar-refractivity contribution in [1.29, 1.82) is 0 Å². The third kappa shape index (κ3) is 3.32. The zero-order valence-electron chi connectivity index (χ0n) is 13.7. The van der Waals surface area contributed by atoms with E-state index in [0.29, 0.717) is 26.2 Å². The minimum absolute atomic E-state index is 0.0422. The first-order valence-corrected chi connectivity index (χ1v) is 8.00. The van der Waals surface area contributed by atoms with Crippen molar-refractivity contribution in [3.8, 4) is 0 Å². The maximum absolute atomic E-state index is 12.5. The van der Waals surface area contributed by atoms with Gasteiger partial charge in [0.15, 0.2) is 0 Å². The standard InChI is InChI=1S/C17H23N3O3/c1-13-15(14(2)23-19-13)12-18-16(21)11-17(5-9-22-10-6-17)20-7-3-4-8-20/h3-4,7-8H,5-6,9-12H2,1-2H3,(H,18,21). The lowest BCUT2D eigenvalue weighted by Crippen LogP contribution is -2.43. The number of hydrogen-bond donors (Lipinski definition) is 1. The first-order chi connectivity index (χ1) is 11.1. The zero-order chi connectivity index (χ0) is 16.3. The van der Waals surface area contributed by atoms with E-state index in [1.807, 2.05) is 38.4 Å². The molecule has 3 heterocycles. The molecule has 23 heavy (non-hydrogen) atoms. The second-order valence-corrected chi connectivity index (χ2v) is 6.18. The van der Waals surface area contributed by atoms with Crippen molar-refractivity contribution in [2.45, 2.75) is 45.2 Å². The van der Waals surface area contributed by atoms with E-state index in [1.54, 1.807) is 0 Å². The molecule has 6 heteroatoms. The van der Waals surface area contributed by atoms with Gasteiger partial charge >= 0.3 is 0 Å².